The van der Waals surface area contributed by atoms with Crippen LogP contribution in [-0.4, -0.2) is 30.9 Å². The van der Waals surface area contributed by atoms with Gasteiger partial charge >= 0.3 is 0 Å². The third kappa shape index (κ3) is 4.36. The number of nitrogens with zero attached hydrogens (tertiary/aromatic N) is 2. The molecule has 0 aliphatic rings. The average Bonchev–Trinajstić information content (AvgIpc) is 1.98. The predicted octanol–water partition coefficient (Wildman–Crippen LogP) is 1.77. The highest BCUT2D eigenvalue weighted by atomic mass is 15.1. The first-order chi connectivity index (χ1) is 4.85. The summed E-state index contributed by atoms with van der Waals surface area (Å²) in [6, 6.07) is 0. The lowest BCUT2D eigenvalue weighted by Crippen LogP contribution is -2.22. The molecule has 0 saturated carbocycles. The molecule has 0 spiro atoms. The molecule has 2 nitrogen and oxygen atoms in total. The van der Waals surface area contributed by atoms with Crippen molar-refractivity contribution in [1.82, 2.24) is 4.90 Å². The topological polar surface area (TPSA) is 15.6 Å². The fourth-order valence-corrected chi connectivity index (χ4v) is 0.782. The summed E-state index contributed by atoms with van der Waals surface area (Å²) in [6.07, 6.45) is 3.15. The SMILES string of the molecule is CCCN(C=NCC)CC. The lowest BCUT2D eigenvalue weighted by molar-refractivity contribution is 0.451. The van der Waals surface area contributed by atoms with Gasteiger partial charge in [0.15, 0.2) is 0 Å². The van der Waals surface area contributed by atoms with E-state index in [0.717, 1.165) is 19.6 Å². The minimum atomic E-state index is 0.889. The molecule has 0 aromatic rings. The molecule has 0 aliphatic carbocycles. The van der Waals surface area contributed by atoms with Gasteiger partial charge in [0.1, 0.15) is 0 Å². The van der Waals surface area contributed by atoms with Gasteiger partial charge in [0.05, 0.1) is 6.34 Å². The standard InChI is InChI=1S/C8H18N2/c1-4-7-10(6-3)8-9-5-2/h8H,4-7H2,1-3H3. The Labute approximate surface area is 63.9 Å². The van der Waals surface area contributed by atoms with Crippen LogP contribution in [0.4, 0.5) is 0 Å². The maximum atomic E-state index is 4.16. The van der Waals surface area contributed by atoms with Crippen LogP contribution >= 0.6 is 0 Å². The summed E-state index contributed by atoms with van der Waals surface area (Å²) >= 11 is 0. The van der Waals surface area contributed by atoms with Crippen molar-refractivity contribution in [3.05, 3.63) is 0 Å². The average molecular weight is 142 g/mol. The molecule has 0 aromatic carbocycles. The Morgan fingerprint density at radius 3 is 2.40 bits per heavy atom. The van der Waals surface area contributed by atoms with Crippen molar-refractivity contribution in [2.75, 3.05) is 19.6 Å². The first kappa shape index (κ1) is 9.47. The minimum absolute atomic E-state index is 0.889. The van der Waals surface area contributed by atoms with Gasteiger partial charge in [-0.05, 0) is 20.3 Å². The molecule has 10 heavy (non-hydrogen) atoms. The van der Waals surface area contributed by atoms with Gasteiger partial charge in [-0.3, -0.25) is 4.99 Å². The number of aliphatic imine (C=N–C) groups is 1. The number of hydrogen-bond donors (Lipinski definition) is 0. The van der Waals surface area contributed by atoms with Crippen molar-refractivity contribution in [2.24, 2.45) is 4.99 Å². The van der Waals surface area contributed by atoms with Crippen LogP contribution in [0.2, 0.25) is 0 Å². The van der Waals surface area contributed by atoms with E-state index < -0.39 is 0 Å². The van der Waals surface area contributed by atoms with Crippen molar-refractivity contribution in [2.45, 2.75) is 27.2 Å². The normalized spacial score (nSPS) is 10.7. The molecule has 0 aliphatic heterocycles. The first-order valence-electron chi connectivity index (χ1n) is 4.09. The van der Waals surface area contributed by atoms with Crippen LogP contribution in [0.5, 0.6) is 0 Å². The van der Waals surface area contributed by atoms with Gasteiger partial charge < -0.3 is 4.90 Å². The lowest BCUT2D eigenvalue weighted by Gasteiger charge is -2.14. The summed E-state index contributed by atoms with van der Waals surface area (Å²) in [7, 11) is 0. The van der Waals surface area contributed by atoms with Crippen LogP contribution in [0.25, 0.3) is 0 Å². The summed E-state index contributed by atoms with van der Waals surface area (Å²) in [4.78, 5) is 6.39. The summed E-state index contributed by atoms with van der Waals surface area (Å²) in [6.45, 7) is 9.47. The molecule has 60 valence electrons. The van der Waals surface area contributed by atoms with E-state index in [2.05, 4.69) is 30.7 Å². The molecule has 0 aromatic heterocycles. The highest BCUT2D eigenvalue weighted by Crippen LogP contribution is 1.85. The zero-order chi connectivity index (χ0) is 7.82. The fourth-order valence-electron chi connectivity index (χ4n) is 0.782. The Morgan fingerprint density at radius 1 is 1.30 bits per heavy atom. The highest BCUT2D eigenvalue weighted by molar-refractivity contribution is 5.54. The van der Waals surface area contributed by atoms with E-state index in [-0.39, 0.29) is 0 Å². The maximum Gasteiger partial charge on any atom is 0.0849 e. The maximum absolute atomic E-state index is 4.16. The van der Waals surface area contributed by atoms with E-state index in [9.17, 15) is 0 Å². The summed E-state index contributed by atoms with van der Waals surface area (Å²) < 4.78 is 0. The monoisotopic (exact) mass is 142 g/mol. The van der Waals surface area contributed by atoms with Crippen molar-refractivity contribution >= 4 is 6.34 Å². The van der Waals surface area contributed by atoms with E-state index in [4.69, 9.17) is 0 Å². The van der Waals surface area contributed by atoms with Crippen molar-refractivity contribution < 1.29 is 0 Å². The Bertz CT molecular complexity index is 89.3. The first-order valence-corrected chi connectivity index (χ1v) is 4.09. The Balaban J connectivity index is 3.48. The van der Waals surface area contributed by atoms with E-state index in [1.807, 2.05) is 6.34 Å². The van der Waals surface area contributed by atoms with Gasteiger partial charge in [0.25, 0.3) is 0 Å². The minimum Gasteiger partial charge on any atom is -0.363 e. The van der Waals surface area contributed by atoms with E-state index in [0.29, 0.717) is 0 Å². The smallest absolute Gasteiger partial charge is 0.0849 e. The van der Waals surface area contributed by atoms with Gasteiger partial charge in [0.2, 0.25) is 0 Å². The van der Waals surface area contributed by atoms with Crippen LogP contribution in [0, 0.1) is 0 Å². The van der Waals surface area contributed by atoms with Crippen LogP contribution in [-0.2, 0) is 0 Å². The molecule has 0 bridgehead atoms. The second-order valence-electron chi connectivity index (χ2n) is 2.24. The van der Waals surface area contributed by atoms with E-state index in [1.165, 1.54) is 6.42 Å². The molecule has 0 unspecified atom stereocenters. The molecule has 0 amide bonds. The zero-order valence-electron chi connectivity index (χ0n) is 7.30. The molecular formula is C8H18N2. The molecule has 0 rings (SSSR count). The molecule has 0 heterocycles. The van der Waals surface area contributed by atoms with Crippen molar-refractivity contribution in [3.63, 3.8) is 0 Å². The number of rotatable bonds is 5. The van der Waals surface area contributed by atoms with Crippen LogP contribution < -0.4 is 0 Å². The largest absolute Gasteiger partial charge is 0.363 e. The molecule has 0 N–H and O–H groups in total. The predicted molar refractivity (Wildman–Crippen MR) is 46.6 cm³/mol. The van der Waals surface area contributed by atoms with E-state index >= 15 is 0 Å². The Kier molecular flexibility index (Phi) is 6.24. The molecule has 0 radical (unpaired) electrons. The molecule has 0 fully saturated rings. The van der Waals surface area contributed by atoms with Crippen LogP contribution in [0.15, 0.2) is 4.99 Å². The molecule has 0 atom stereocenters. The molecule has 2 heteroatoms. The third-order valence-corrected chi connectivity index (χ3v) is 1.34. The summed E-state index contributed by atoms with van der Waals surface area (Å²) in [5.41, 5.74) is 0. The summed E-state index contributed by atoms with van der Waals surface area (Å²) in [5.74, 6) is 0. The van der Waals surface area contributed by atoms with Gasteiger partial charge in [-0.25, -0.2) is 0 Å². The fraction of sp³-hybridized carbons (Fsp3) is 0.875. The zero-order valence-corrected chi connectivity index (χ0v) is 7.30. The van der Waals surface area contributed by atoms with Crippen LogP contribution in [0.1, 0.15) is 27.2 Å². The Hall–Kier alpha value is -0.530. The van der Waals surface area contributed by atoms with E-state index in [1.54, 1.807) is 0 Å². The van der Waals surface area contributed by atoms with Gasteiger partial charge in [0, 0.05) is 19.6 Å². The quantitative estimate of drug-likeness (QED) is 0.422. The van der Waals surface area contributed by atoms with Gasteiger partial charge in [-0.2, -0.15) is 0 Å². The third-order valence-electron chi connectivity index (χ3n) is 1.34. The lowest BCUT2D eigenvalue weighted by atomic mass is 10.4. The number of hydrogen-bond acceptors (Lipinski definition) is 1. The van der Waals surface area contributed by atoms with Gasteiger partial charge in [-0.1, -0.05) is 6.92 Å². The molecule has 0 saturated heterocycles. The van der Waals surface area contributed by atoms with Crippen LogP contribution in [0.3, 0.4) is 0 Å². The highest BCUT2D eigenvalue weighted by Gasteiger charge is 1.90. The second-order valence-corrected chi connectivity index (χ2v) is 2.24. The summed E-state index contributed by atoms with van der Waals surface area (Å²) in [5, 5.41) is 0. The van der Waals surface area contributed by atoms with Crippen molar-refractivity contribution in [1.29, 1.82) is 0 Å². The van der Waals surface area contributed by atoms with Crippen molar-refractivity contribution in [3.8, 4) is 0 Å². The Morgan fingerprint density at radius 2 is 2.00 bits per heavy atom. The second kappa shape index (κ2) is 6.59. The van der Waals surface area contributed by atoms with Gasteiger partial charge in [-0.15, -0.1) is 0 Å². The molecular weight excluding hydrogens is 124 g/mol.